The van der Waals surface area contributed by atoms with Gasteiger partial charge in [-0.1, -0.05) is 17.7 Å². The highest BCUT2D eigenvalue weighted by atomic mass is 16.5. The number of hydrogen-bond acceptors (Lipinski definition) is 3. The maximum absolute atomic E-state index is 12.6. The van der Waals surface area contributed by atoms with Crippen LogP contribution >= 0.6 is 0 Å². The molecule has 0 radical (unpaired) electrons. The summed E-state index contributed by atoms with van der Waals surface area (Å²) in [5.74, 6) is -0.344. The first kappa shape index (κ1) is 16.2. The minimum Gasteiger partial charge on any atom is -0.456 e. The van der Waals surface area contributed by atoms with Gasteiger partial charge in [-0.05, 0) is 69.0 Å². The number of benzene rings is 1. The first-order valence-electron chi connectivity index (χ1n) is 8.06. The highest BCUT2D eigenvalue weighted by molar-refractivity contribution is 5.90. The largest absolute Gasteiger partial charge is 0.456 e. The van der Waals surface area contributed by atoms with Crippen LogP contribution in [0.5, 0.6) is 0 Å². The first-order valence-corrected chi connectivity index (χ1v) is 8.06. The van der Waals surface area contributed by atoms with Gasteiger partial charge in [0.15, 0.2) is 5.69 Å². The summed E-state index contributed by atoms with van der Waals surface area (Å²) in [6, 6.07) is 8.13. The van der Waals surface area contributed by atoms with Crippen molar-refractivity contribution in [1.82, 2.24) is 9.38 Å². The minimum atomic E-state index is -0.344. The Morgan fingerprint density at radius 2 is 1.71 bits per heavy atom. The summed E-state index contributed by atoms with van der Waals surface area (Å²) in [5.41, 5.74) is 7.62. The lowest BCUT2D eigenvalue weighted by atomic mass is 10.0. The number of carbonyl (C=O) groups is 1. The number of nitrogens with zero attached hydrogens (tertiary/aromatic N) is 2. The summed E-state index contributed by atoms with van der Waals surface area (Å²) >= 11 is 0. The predicted octanol–water partition coefficient (Wildman–Crippen LogP) is 4.23. The van der Waals surface area contributed by atoms with Crippen molar-refractivity contribution in [3.63, 3.8) is 0 Å². The standard InChI is InChI=1S/C20H22N2O2/c1-12-6-7-22-18(10-12)21-16(5)19(22)20(23)24-11-17-14(3)8-13(2)9-15(17)4/h6-10H,11H2,1-5H3. The number of hydrogen-bond donors (Lipinski definition) is 0. The number of rotatable bonds is 3. The van der Waals surface area contributed by atoms with Crippen molar-refractivity contribution in [2.75, 3.05) is 0 Å². The minimum absolute atomic E-state index is 0.273. The van der Waals surface area contributed by atoms with Gasteiger partial charge in [0.05, 0.1) is 5.69 Å². The van der Waals surface area contributed by atoms with Gasteiger partial charge < -0.3 is 4.74 Å². The summed E-state index contributed by atoms with van der Waals surface area (Å²) < 4.78 is 7.38. The molecule has 4 nitrogen and oxygen atoms in total. The molecule has 0 amide bonds. The maximum Gasteiger partial charge on any atom is 0.357 e. The molecule has 0 aliphatic carbocycles. The van der Waals surface area contributed by atoms with Gasteiger partial charge in [0.2, 0.25) is 0 Å². The molecule has 0 aliphatic heterocycles. The van der Waals surface area contributed by atoms with Crippen LogP contribution in [0.2, 0.25) is 0 Å². The Labute approximate surface area is 142 Å². The van der Waals surface area contributed by atoms with Crippen LogP contribution in [0.1, 0.15) is 44.0 Å². The van der Waals surface area contributed by atoms with E-state index in [1.807, 2.05) is 46.0 Å². The molecule has 24 heavy (non-hydrogen) atoms. The molecule has 0 saturated carbocycles. The van der Waals surface area contributed by atoms with Crippen molar-refractivity contribution < 1.29 is 9.53 Å². The zero-order valence-corrected chi connectivity index (χ0v) is 14.8. The smallest absolute Gasteiger partial charge is 0.357 e. The number of ether oxygens (including phenoxy) is 1. The zero-order valence-electron chi connectivity index (χ0n) is 14.8. The van der Waals surface area contributed by atoms with E-state index in [2.05, 4.69) is 24.0 Å². The summed E-state index contributed by atoms with van der Waals surface area (Å²) in [6.07, 6.45) is 1.86. The molecule has 0 spiro atoms. The molecule has 0 atom stereocenters. The molecule has 0 aliphatic rings. The van der Waals surface area contributed by atoms with Gasteiger partial charge in [0, 0.05) is 6.20 Å². The number of aryl methyl sites for hydroxylation is 5. The molecule has 0 N–H and O–H groups in total. The van der Waals surface area contributed by atoms with Crippen LogP contribution in [0.15, 0.2) is 30.5 Å². The van der Waals surface area contributed by atoms with E-state index in [1.54, 1.807) is 4.40 Å². The van der Waals surface area contributed by atoms with Crippen molar-refractivity contribution in [2.45, 2.75) is 41.2 Å². The zero-order chi connectivity index (χ0) is 17.4. The quantitative estimate of drug-likeness (QED) is 0.678. The van der Waals surface area contributed by atoms with Gasteiger partial charge in [0.25, 0.3) is 0 Å². The van der Waals surface area contributed by atoms with Gasteiger partial charge in [-0.2, -0.15) is 0 Å². The van der Waals surface area contributed by atoms with Crippen LogP contribution in [0, 0.1) is 34.6 Å². The van der Waals surface area contributed by atoms with E-state index in [-0.39, 0.29) is 12.6 Å². The summed E-state index contributed by atoms with van der Waals surface area (Å²) in [6.45, 7) is 10.3. The van der Waals surface area contributed by atoms with Crippen LogP contribution in [-0.4, -0.2) is 15.4 Å². The average molecular weight is 322 g/mol. The second kappa shape index (κ2) is 6.11. The van der Waals surface area contributed by atoms with Crippen molar-refractivity contribution >= 4 is 11.6 Å². The van der Waals surface area contributed by atoms with Gasteiger partial charge >= 0.3 is 5.97 Å². The van der Waals surface area contributed by atoms with E-state index in [4.69, 9.17) is 4.74 Å². The molecule has 2 aromatic heterocycles. The number of esters is 1. The predicted molar refractivity (Wildman–Crippen MR) is 94.4 cm³/mol. The third-order valence-corrected chi connectivity index (χ3v) is 4.34. The van der Waals surface area contributed by atoms with Crippen molar-refractivity contribution in [2.24, 2.45) is 0 Å². The van der Waals surface area contributed by atoms with Crippen LogP contribution in [0.25, 0.3) is 5.65 Å². The lowest BCUT2D eigenvalue weighted by Crippen LogP contribution is -2.11. The van der Waals surface area contributed by atoms with Crippen LogP contribution in [0.4, 0.5) is 0 Å². The average Bonchev–Trinajstić information content (AvgIpc) is 2.80. The Bertz CT molecular complexity index is 915. The SMILES string of the molecule is Cc1cc(C)c(COC(=O)c2c(C)nc3cc(C)ccn23)c(C)c1. The number of fused-ring (bicyclic) bond motifs is 1. The highest BCUT2D eigenvalue weighted by Gasteiger charge is 2.18. The number of pyridine rings is 1. The normalized spacial score (nSPS) is 11.0. The van der Waals surface area contributed by atoms with Crippen molar-refractivity contribution in [3.05, 3.63) is 69.7 Å². The fourth-order valence-electron chi connectivity index (χ4n) is 3.15. The highest BCUT2D eigenvalue weighted by Crippen LogP contribution is 2.19. The van der Waals surface area contributed by atoms with Gasteiger partial charge in [-0.15, -0.1) is 0 Å². The van der Waals surface area contributed by atoms with Crippen molar-refractivity contribution in [1.29, 1.82) is 0 Å². The fraction of sp³-hybridized carbons (Fsp3) is 0.300. The molecule has 4 heteroatoms. The molecule has 124 valence electrons. The van der Waals surface area contributed by atoms with Gasteiger partial charge in [-0.3, -0.25) is 4.40 Å². The Morgan fingerprint density at radius 1 is 1.04 bits per heavy atom. The second-order valence-electron chi connectivity index (χ2n) is 6.43. The molecule has 0 fully saturated rings. The second-order valence-corrected chi connectivity index (χ2v) is 6.43. The Morgan fingerprint density at radius 3 is 2.38 bits per heavy atom. The third kappa shape index (κ3) is 2.92. The summed E-state index contributed by atoms with van der Waals surface area (Å²) in [4.78, 5) is 17.1. The number of carbonyl (C=O) groups excluding carboxylic acids is 1. The lowest BCUT2D eigenvalue weighted by Gasteiger charge is -2.12. The Hall–Kier alpha value is -2.62. The number of aromatic nitrogens is 2. The molecule has 0 bridgehead atoms. The lowest BCUT2D eigenvalue weighted by molar-refractivity contribution is 0.0462. The third-order valence-electron chi connectivity index (χ3n) is 4.34. The van der Waals surface area contributed by atoms with E-state index in [0.717, 1.165) is 27.9 Å². The fourth-order valence-corrected chi connectivity index (χ4v) is 3.15. The monoisotopic (exact) mass is 322 g/mol. The van der Waals surface area contributed by atoms with Crippen molar-refractivity contribution in [3.8, 4) is 0 Å². The maximum atomic E-state index is 12.6. The van der Waals surface area contributed by atoms with E-state index in [1.165, 1.54) is 5.56 Å². The molecule has 1 aromatic carbocycles. The molecule has 2 heterocycles. The Balaban J connectivity index is 1.88. The molecule has 0 unspecified atom stereocenters. The first-order chi connectivity index (χ1) is 11.4. The van der Waals surface area contributed by atoms with Crippen LogP contribution in [0.3, 0.4) is 0 Å². The Kier molecular flexibility index (Phi) is 4.14. The molecule has 0 saturated heterocycles. The van der Waals surface area contributed by atoms with E-state index in [0.29, 0.717) is 11.4 Å². The van der Waals surface area contributed by atoms with E-state index >= 15 is 0 Å². The van der Waals surface area contributed by atoms with Crippen LogP contribution < -0.4 is 0 Å². The summed E-state index contributed by atoms with van der Waals surface area (Å²) in [5, 5.41) is 0. The number of imidazole rings is 1. The van der Waals surface area contributed by atoms with Gasteiger partial charge in [0.1, 0.15) is 12.3 Å². The van der Waals surface area contributed by atoms with Crippen LogP contribution in [-0.2, 0) is 11.3 Å². The summed E-state index contributed by atoms with van der Waals surface area (Å²) in [7, 11) is 0. The van der Waals surface area contributed by atoms with E-state index < -0.39 is 0 Å². The van der Waals surface area contributed by atoms with Gasteiger partial charge in [-0.25, -0.2) is 9.78 Å². The molecular weight excluding hydrogens is 300 g/mol. The van der Waals surface area contributed by atoms with E-state index in [9.17, 15) is 4.79 Å². The molecule has 3 rings (SSSR count). The molecule has 3 aromatic rings. The molecular formula is C20H22N2O2. The topological polar surface area (TPSA) is 43.6 Å².